The fourth-order valence-corrected chi connectivity index (χ4v) is 2.04. The molecule has 0 spiro atoms. The second-order valence-electron chi connectivity index (χ2n) is 4.34. The Hall–Kier alpha value is -1.55. The van der Waals surface area contributed by atoms with E-state index in [0.29, 0.717) is 26.1 Å². The molecule has 1 aromatic rings. The van der Waals surface area contributed by atoms with Gasteiger partial charge in [-0.05, 0) is 38.0 Å². The van der Waals surface area contributed by atoms with Crippen molar-refractivity contribution in [3.05, 3.63) is 29.8 Å². The highest BCUT2D eigenvalue weighted by Crippen LogP contribution is 2.25. The molecule has 0 radical (unpaired) electrons. The maximum atomic E-state index is 12.2. The maximum absolute atomic E-state index is 12.2. The number of carbonyl (C=O) groups is 1. The standard InChI is InChI=1S/C15H22O4/c1-4-15(19-6-3,14(17)18-5-2)11-12-7-9-13(16)10-8-12/h7-10,16H,4-6,11H2,1-3H3. The van der Waals surface area contributed by atoms with Crippen LogP contribution in [-0.4, -0.2) is 29.9 Å². The molecular weight excluding hydrogens is 244 g/mol. The number of phenols is 1. The van der Waals surface area contributed by atoms with Gasteiger partial charge in [0, 0.05) is 13.0 Å². The average molecular weight is 266 g/mol. The third-order valence-electron chi connectivity index (χ3n) is 3.07. The van der Waals surface area contributed by atoms with E-state index >= 15 is 0 Å². The summed E-state index contributed by atoms with van der Waals surface area (Å²) in [4.78, 5) is 12.2. The zero-order valence-corrected chi connectivity index (χ0v) is 11.8. The summed E-state index contributed by atoms with van der Waals surface area (Å²) in [6, 6.07) is 6.79. The third-order valence-corrected chi connectivity index (χ3v) is 3.07. The highest BCUT2D eigenvalue weighted by Gasteiger charge is 2.39. The Morgan fingerprint density at radius 2 is 1.79 bits per heavy atom. The molecule has 0 aliphatic heterocycles. The Morgan fingerprint density at radius 1 is 1.16 bits per heavy atom. The molecule has 4 heteroatoms. The van der Waals surface area contributed by atoms with E-state index in [1.54, 1.807) is 31.2 Å². The van der Waals surface area contributed by atoms with Crippen LogP contribution in [0.4, 0.5) is 0 Å². The van der Waals surface area contributed by atoms with Crippen molar-refractivity contribution in [3.8, 4) is 5.75 Å². The molecule has 1 N–H and O–H groups in total. The number of aromatic hydroxyl groups is 1. The predicted molar refractivity (Wildman–Crippen MR) is 73.1 cm³/mol. The van der Waals surface area contributed by atoms with Crippen LogP contribution in [0.1, 0.15) is 32.8 Å². The van der Waals surface area contributed by atoms with Gasteiger partial charge in [0.25, 0.3) is 0 Å². The summed E-state index contributed by atoms with van der Waals surface area (Å²) in [6.07, 6.45) is 0.983. The highest BCUT2D eigenvalue weighted by atomic mass is 16.6. The summed E-state index contributed by atoms with van der Waals surface area (Å²) in [5.41, 5.74) is -0.0111. The minimum absolute atomic E-state index is 0.207. The van der Waals surface area contributed by atoms with Gasteiger partial charge in [-0.2, -0.15) is 0 Å². The van der Waals surface area contributed by atoms with Gasteiger partial charge in [-0.15, -0.1) is 0 Å². The quantitative estimate of drug-likeness (QED) is 0.771. The van der Waals surface area contributed by atoms with Gasteiger partial charge in [-0.3, -0.25) is 0 Å². The first-order valence-corrected chi connectivity index (χ1v) is 6.67. The van der Waals surface area contributed by atoms with Gasteiger partial charge in [-0.1, -0.05) is 19.1 Å². The van der Waals surface area contributed by atoms with Crippen molar-refractivity contribution in [3.63, 3.8) is 0 Å². The smallest absolute Gasteiger partial charge is 0.338 e. The van der Waals surface area contributed by atoms with Crippen molar-refractivity contribution >= 4 is 5.97 Å². The summed E-state index contributed by atoms with van der Waals surface area (Å²) >= 11 is 0. The predicted octanol–water partition coefficient (Wildman–Crippen LogP) is 2.68. The molecule has 1 atom stereocenters. The fourth-order valence-electron chi connectivity index (χ4n) is 2.04. The number of esters is 1. The van der Waals surface area contributed by atoms with Crippen LogP contribution in [0.2, 0.25) is 0 Å². The van der Waals surface area contributed by atoms with Crippen molar-refractivity contribution in [2.75, 3.05) is 13.2 Å². The van der Waals surface area contributed by atoms with Gasteiger partial charge in [0.05, 0.1) is 6.61 Å². The van der Waals surface area contributed by atoms with E-state index in [0.717, 1.165) is 5.56 Å². The summed E-state index contributed by atoms with van der Waals surface area (Å²) in [6.45, 7) is 6.34. The zero-order chi connectivity index (χ0) is 14.3. The van der Waals surface area contributed by atoms with Crippen molar-refractivity contribution < 1.29 is 19.4 Å². The third kappa shape index (κ3) is 3.96. The number of ether oxygens (including phenoxy) is 2. The minimum Gasteiger partial charge on any atom is -0.508 e. The molecule has 0 saturated heterocycles. The van der Waals surface area contributed by atoms with Crippen LogP contribution < -0.4 is 0 Å². The molecule has 0 heterocycles. The lowest BCUT2D eigenvalue weighted by Gasteiger charge is -2.30. The molecule has 0 saturated carbocycles. The van der Waals surface area contributed by atoms with E-state index in [-0.39, 0.29) is 11.7 Å². The average Bonchev–Trinajstić information content (AvgIpc) is 2.41. The number of hydrogen-bond donors (Lipinski definition) is 1. The summed E-state index contributed by atoms with van der Waals surface area (Å²) in [5, 5.41) is 9.29. The number of hydrogen-bond acceptors (Lipinski definition) is 4. The molecule has 0 bridgehead atoms. The number of carbonyl (C=O) groups excluding carboxylic acids is 1. The van der Waals surface area contributed by atoms with Gasteiger partial charge in [0.1, 0.15) is 5.75 Å². The first-order valence-electron chi connectivity index (χ1n) is 6.67. The first-order chi connectivity index (χ1) is 9.07. The lowest BCUT2D eigenvalue weighted by molar-refractivity contribution is -0.172. The molecule has 1 unspecified atom stereocenters. The SMILES string of the molecule is CCOC(=O)C(CC)(Cc1ccc(O)cc1)OCC. The summed E-state index contributed by atoms with van der Waals surface area (Å²) in [7, 11) is 0. The zero-order valence-electron chi connectivity index (χ0n) is 11.8. The molecule has 0 aliphatic rings. The topological polar surface area (TPSA) is 55.8 Å². The maximum Gasteiger partial charge on any atom is 0.338 e. The molecule has 1 aromatic carbocycles. The van der Waals surface area contributed by atoms with Crippen molar-refractivity contribution in [2.24, 2.45) is 0 Å². The van der Waals surface area contributed by atoms with E-state index in [4.69, 9.17) is 9.47 Å². The first kappa shape index (κ1) is 15.5. The fraction of sp³-hybridized carbons (Fsp3) is 0.533. The van der Waals surface area contributed by atoms with Crippen LogP contribution in [0.15, 0.2) is 24.3 Å². The highest BCUT2D eigenvalue weighted by molar-refractivity contribution is 5.80. The summed E-state index contributed by atoms with van der Waals surface area (Å²) in [5.74, 6) is -0.120. The Balaban J connectivity index is 2.95. The van der Waals surface area contributed by atoms with Crippen LogP contribution in [0.25, 0.3) is 0 Å². The molecule has 1 rings (SSSR count). The van der Waals surface area contributed by atoms with Crippen LogP contribution in [-0.2, 0) is 20.7 Å². The van der Waals surface area contributed by atoms with E-state index in [9.17, 15) is 9.90 Å². The van der Waals surface area contributed by atoms with Crippen molar-refractivity contribution in [1.82, 2.24) is 0 Å². The van der Waals surface area contributed by atoms with Gasteiger partial charge in [0.2, 0.25) is 0 Å². The molecule has 4 nitrogen and oxygen atoms in total. The van der Waals surface area contributed by atoms with Crippen molar-refractivity contribution in [2.45, 2.75) is 39.2 Å². The lowest BCUT2D eigenvalue weighted by Crippen LogP contribution is -2.44. The lowest BCUT2D eigenvalue weighted by atomic mass is 9.91. The second kappa shape index (κ2) is 7.14. The van der Waals surface area contributed by atoms with Gasteiger partial charge >= 0.3 is 5.97 Å². The molecule has 106 valence electrons. The molecule has 0 aromatic heterocycles. The van der Waals surface area contributed by atoms with Crippen LogP contribution in [0.5, 0.6) is 5.75 Å². The molecule has 0 amide bonds. The minimum atomic E-state index is -0.943. The summed E-state index contributed by atoms with van der Waals surface area (Å²) < 4.78 is 10.8. The van der Waals surface area contributed by atoms with E-state index in [1.165, 1.54) is 0 Å². The van der Waals surface area contributed by atoms with Crippen LogP contribution in [0, 0.1) is 0 Å². The van der Waals surface area contributed by atoms with Crippen LogP contribution in [0.3, 0.4) is 0 Å². The van der Waals surface area contributed by atoms with Gasteiger partial charge in [0.15, 0.2) is 5.60 Å². The molecule has 19 heavy (non-hydrogen) atoms. The molecule has 0 aliphatic carbocycles. The Kier molecular flexibility index (Phi) is 5.83. The van der Waals surface area contributed by atoms with E-state index < -0.39 is 5.60 Å². The Bertz CT molecular complexity index is 399. The number of phenolic OH excluding ortho intramolecular Hbond substituents is 1. The largest absolute Gasteiger partial charge is 0.508 e. The van der Waals surface area contributed by atoms with Gasteiger partial charge < -0.3 is 14.6 Å². The van der Waals surface area contributed by atoms with Gasteiger partial charge in [-0.25, -0.2) is 4.79 Å². The van der Waals surface area contributed by atoms with Crippen LogP contribution >= 0.6 is 0 Å². The number of benzene rings is 1. The Labute approximate surface area is 114 Å². The molecular formula is C15H22O4. The second-order valence-corrected chi connectivity index (χ2v) is 4.34. The number of rotatable bonds is 7. The monoisotopic (exact) mass is 266 g/mol. The molecule has 0 fully saturated rings. The normalized spacial score (nSPS) is 13.8. The van der Waals surface area contributed by atoms with E-state index in [1.807, 2.05) is 13.8 Å². The van der Waals surface area contributed by atoms with Crippen molar-refractivity contribution in [1.29, 1.82) is 0 Å². The van der Waals surface area contributed by atoms with E-state index in [2.05, 4.69) is 0 Å². The Morgan fingerprint density at radius 3 is 2.26 bits per heavy atom.